The molecule has 2 aromatic carbocycles. The largest absolute Gasteiger partial charge is 0.476 e. The number of carboxylic acid groups (broad SMARTS) is 1. The number of benzene rings is 2. The van der Waals surface area contributed by atoms with Gasteiger partial charge in [-0.25, -0.2) is 13.9 Å². The monoisotopic (exact) mass is 501 g/mol. The Bertz CT molecular complexity index is 1310. The number of likely N-dealkylation sites (N-methyl/N-ethyl adjacent to an activating group) is 1. The van der Waals surface area contributed by atoms with Gasteiger partial charge in [-0.1, -0.05) is 16.8 Å². The SMILES string of the molecule is Cc1c(F)c(N)cc(C(=O)Nc2cc(-n3cc(C(=O)O)nn3)ccc2N2CCN(C)[C@@H](C)C2)c1Cl. The van der Waals surface area contributed by atoms with Gasteiger partial charge in [0.15, 0.2) is 11.5 Å². The zero-order chi connectivity index (χ0) is 25.4. The highest BCUT2D eigenvalue weighted by molar-refractivity contribution is 6.35. The Morgan fingerprint density at radius 3 is 2.69 bits per heavy atom. The van der Waals surface area contributed by atoms with E-state index in [1.807, 2.05) is 6.07 Å². The summed E-state index contributed by atoms with van der Waals surface area (Å²) in [4.78, 5) is 28.8. The van der Waals surface area contributed by atoms with Crippen LogP contribution in [0.3, 0.4) is 0 Å². The Balaban J connectivity index is 1.74. The molecule has 35 heavy (non-hydrogen) atoms. The molecule has 0 unspecified atom stereocenters. The Morgan fingerprint density at radius 1 is 1.29 bits per heavy atom. The van der Waals surface area contributed by atoms with Crippen molar-refractivity contribution in [3.8, 4) is 5.69 Å². The zero-order valence-corrected chi connectivity index (χ0v) is 20.2. The van der Waals surface area contributed by atoms with Crippen LogP contribution < -0.4 is 16.0 Å². The fourth-order valence-electron chi connectivity index (χ4n) is 3.95. The first-order valence-corrected chi connectivity index (χ1v) is 11.2. The lowest BCUT2D eigenvalue weighted by molar-refractivity contribution is 0.0690. The lowest BCUT2D eigenvalue weighted by atomic mass is 10.1. The average molecular weight is 502 g/mol. The number of nitrogen functional groups attached to an aromatic ring is 1. The summed E-state index contributed by atoms with van der Waals surface area (Å²) in [6, 6.07) is 6.76. The number of hydrogen-bond acceptors (Lipinski definition) is 7. The number of carboxylic acids is 1. The van der Waals surface area contributed by atoms with Crippen molar-refractivity contribution in [3.05, 3.63) is 58.1 Å². The molecule has 0 spiro atoms. The zero-order valence-electron chi connectivity index (χ0n) is 19.4. The summed E-state index contributed by atoms with van der Waals surface area (Å²) in [7, 11) is 2.06. The lowest BCUT2D eigenvalue weighted by Crippen LogP contribution is -2.50. The smallest absolute Gasteiger partial charge is 0.358 e. The molecular formula is C23H25ClFN7O3. The molecule has 2 heterocycles. The molecule has 1 amide bonds. The van der Waals surface area contributed by atoms with Crippen LogP contribution in [0.1, 0.15) is 33.3 Å². The summed E-state index contributed by atoms with van der Waals surface area (Å²) < 4.78 is 15.4. The van der Waals surface area contributed by atoms with Crippen LogP contribution in [0.25, 0.3) is 5.69 Å². The van der Waals surface area contributed by atoms with Gasteiger partial charge < -0.3 is 26.0 Å². The van der Waals surface area contributed by atoms with Crippen LogP contribution in [0.4, 0.5) is 21.5 Å². The highest BCUT2D eigenvalue weighted by Crippen LogP contribution is 2.33. The maximum Gasteiger partial charge on any atom is 0.358 e. The Kier molecular flexibility index (Phi) is 6.64. The number of carbonyl (C=O) groups excluding carboxylic acids is 1. The first-order chi connectivity index (χ1) is 16.6. The normalized spacial score (nSPS) is 16.4. The predicted octanol–water partition coefficient (Wildman–Crippen LogP) is 3.04. The van der Waals surface area contributed by atoms with E-state index in [-0.39, 0.29) is 33.6 Å². The van der Waals surface area contributed by atoms with E-state index in [0.29, 0.717) is 11.4 Å². The number of amides is 1. The molecule has 1 aliphatic heterocycles. The molecule has 0 aliphatic carbocycles. The molecular weight excluding hydrogens is 477 g/mol. The number of hydrogen-bond donors (Lipinski definition) is 3. The third-order valence-electron chi connectivity index (χ3n) is 6.20. The molecule has 12 heteroatoms. The van der Waals surface area contributed by atoms with Gasteiger partial charge in [-0.15, -0.1) is 5.10 Å². The first-order valence-electron chi connectivity index (χ1n) is 10.9. The molecule has 3 aromatic rings. The lowest BCUT2D eigenvalue weighted by Gasteiger charge is -2.39. The summed E-state index contributed by atoms with van der Waals surface area (Å²) in [5.74, 6) is -2.43. The van der Waals surface area contributed by atoms with Gasteiger partial charge in [-0.2, -0.15) is 0 Å². The minimum absolute atomic E-state index is 0.0255. The van der Waals surface area contributed by atoms with Crippen molar-refractivity contribution < 1.29 is 19.1 Å². The summed E-state index contributed by atoms with van der Waals surface area (Å²) in [6.07, 6.45) is 1.28. The van der Waals surface area contributed by atoms with Crippen LogP contribution in [0.5, 0.6) is 0 Å². The van der Waals surface area contributed by atoms with Crippen molar-refractivity contribution in [1.29, 1.82) is 0 Å². The van der Waals surface area contributed by atoms with Gasteiger partial charge in [0.05, 0.1) is 39.5 Å². The van der Waals surface area contributed by atoms with E-state index in [0.717, 1.165) is 25.3 Å². The molecule has 1 atom stereocenters. The molecule has 0 bridgehead atoms. The van der Waals surface area contributed by atoms with E-state index in [2.05, 4.69) is 39.4 Å². The van der Waals surface area contributed by atoms with E-state index in [9.17, 15) is 14.0 Å². The molecule has 4 rings (SSSR count). The van der Waals surface area contributed by atoms with Crippen LogP contribution in [-0.4, -0.2) is 69.6 Å². The second-order valence-electron chi connectivity index (χ2n) is 8.55. The summed E-state index contributed by atoms with van der Waals surface area (Å²) in [6.45, 7) is 5.87. The highest BCUT2D eigenvalue weighted by Gasteiger charge is 2.25. The molecule has 4 N–H and O–H groups in total. The van der Waals surface area contributed by atoms with Crippen molar-refractivity contribution in [1.82, 2.24) is 19.9 Å². The number of rotatable bonds is 5. The van der Waals surface area contributed by atoms with E-state index in [1.165, 1.54) is 23.9 Å². The van der Waals surface area contributed by atoms with Crippen LogP contribution in [-0.2, 0) is 0 Å². The second kappa shape index (κ2) is 9.51. The quantitative estimate of drug-likeness (QED) is 0.455. The van der Waals surface area contributed by atoms with Gasteiger partial charge in [0.25, 0.3) is 5.91 Å². The van der Waals surface area contributed by atoms with Crippen LogP contribution in [0.2, 0.25) is 5.02 Å². The second-order valence-corrected chi connectivity index (χ2v) is 8.93. The number of nitrogens with one attached hydrogen (secondary N) is 1. The molecule has 1 aliphatic rings. The maximum atomic E-state index is 14.1. The molecule has 10 nitrogen and oxygen atoms in total. The molecule has 1 aromatic heterocycles. The minimum atomic E-state index is -1.20. The van der Waals surface area contributed by atoms with Gasteiger partial charge in [0.1, 0.15) is 0 Å². The fourth-order valence-corrected chi connectivity index (χ4v) is 4.17. The third-order valence-corrected chi connectivity index (χ3v) is 6.69. The number of nitrogens with zero attached hydrogens (tertiary/aromatic N) is 5. The fraction of sp³-hybridized carbons (Fsp3) is 0.304. The van der Waals surface area contributed by atoms with Crippen molar-refractivity contribution in [2.45, 2.75) is 19.9 Å². The number of aromatic carboxylic acids is 1. The van der Waals surface area contributed by atoms with Gasteiger partial charge >= 0.3 is 5.97 Å². The first kappa shape index (κ1) is 24.4. The Morgan fingerprint density at radius 2 is 2.03 bits per heavy atom. The Hall–Kier alpha value is -3.70. The van der Waals surface area contributed by atoms with Gasteiger partial charge in [-0.3, -0.25) is 4.79 Å². The topological polar surface area (TPSA) is 130 Å². The van der Waals surface area contributed by atoms with Crippen molar-refractivity contribution in [2.24, 2.45) is 0 Å². The number of halogens is 2. The summed E-state index contributed by atoms with van der Waals surface area (Å²) in [5, 5.41) is 19.5. The molecule has 1 saturated heterocycles. The molecule has 1 fully saturated rings. The van der Waals surface area contributed by atoms with E-state index in [1.54, 1.807) is 12.1 Å². The van der Waals surface area contributed by atoms with E-state index < -0.39 is 17.7 Å². The number of nitrogens with two attached hydrogens (primary N) is 1. The third kappa shape index (κ3) is 4.77. The maximum absolute atomic E-state index is 14.1. The predicted molar refractivity (Wildman–Crippen MR) is 131 cm³/mol. The number of piperazine rings is 1. The Labute approximate surface area is 206 Å². The van der Waals surface area contributed by atoms with Gasteiger partial charge in [-0.05, 0) is 45.2 Å². The number of aromatic nitrogens is 3. The van der Waals surface area contributed by atoms with E-state index >= 15 is 0 Å². The summed E-state index contributed by atoms with van der Waals surface area (Å²) >= 11 is 6.26. The van der Waals surface area contributed by atoms with Crippen molar-refractivity contribution >= 4 is 40.5 Å². The number of carbonyl (C=O) groups is 2. The molecule has 0 radical (unpaired) electrons. The van der Waals surface area contributed by atoms with Crippen LogP contribution in [0.15, 0.2) is 30.5 Å². The van der Waals surface area contributed by atoms with Crippen molar-refractivity contribution in [2.75, 3.05) is 42.6 Å². The van der Waals surface area contributed by atoms with E-state index in [4.69, 9.17) is 22.4 Å². The molecule has 0 saturated carbocycles. The average Bonchev–Trinajstić information content (AvgIpc) is 3.32. The minimum Gasteiger partial charge on any atom is -0.476 e. The molecule has 184 valence electrons. The standard InChI is InChI=1S/C23H25ClFN7O3/c1-12-10-31(7-6-30(12)3)19-5-4-14(32-11-18(23(34)35)28-29-32)8-17(19)27-22(33)15-9-16(26)21(25)13(2)20(15)24/h4-5,8-9,11-12H,6-7,10,26H2,1-3H3,(H,27,33)(H,34,35)/t12-/m0/s1. The van der Waals surface area contributed by atoms with Gasteiger partial charge in [0.2, 0.25) is 0 Å². The summed E-state index contributed by atoms with van der Waals surface area (Å²) in [5.41, 5.74) is 7.18. The number of anilines is 3. The van der Waals surface area contributed by atoms with Crippen molar-refractivity contribution in [3.63, 3.8) is 0 Å². The highest BCUT2D eigenvalue weighted by atomic mass is 35.5. The van der Waals surface area contributed by atoms with Crippen LogP contribution in [0, 0.1) is 12.7 Å². The van der Waals surface area contributed by atoms with Crippen LogP contribution >= 0.6 is 11.6 Å². The van der Waals surface area contributed by atoms with Gasteiger partial charge in [0, 0.05) is 31.2 Å².